The van der Waals surface area contributed by atoms with Crippen LogP contribution in [0.5, 0.6) is 0 Å². The Morgan fingerprint density at radius 1 is 0.885 bits per heavy atom. The Morgan fingerprint density at radius 2 is 1.54 bits per heavy atom. The topological polar surface area (TPSA) is 204 Å². The highest BCUT2D eigenvalue weighted by Gasteiger charge is 2.67. The molecule has 9 N–H and O–H groups in total. The average molecular weight is 383 g/mol. The van der Waals surface area contributed by atoms with E-state index < -0.39 is 80.1 Å². The van der Waals surface area contributed by atoms with Crippen molar-refractivity contribution in [2.75, 3.05) is 19.8 Å². The lowest BCUT2D eigenvalue weighted by Gasteiger charge is -2.41. The van der Waals surface area contributed by atoms with Crippen LogP contribution >= 0.6 is 0 Å². The van der Waals surface area contributed by atoms with Gasteiger partial charge in [0, 0.05) is 6.54 Å². The van der Waals surface area contributed by atoms with E-state index in [-0.39, 0.29) is 6.54 Å². The van der Waals surface area contributed by atoms with Gasteiger partial charge in [-0.25, -0.2) is 0 Å². The van der Waals surface area contributed by atoms with Crippen molar-refractivity contribution in [3.8, 4) is 0 Å². The molecule has 0 aromatic heterocycles. The molecule has 0 aromatic rings. The first kappa shape index (κ1) is 20.3. The highest BCUT2D eigenvalue weighted by molar-refractivity contribution is 5.15. The van der Waals surface area contributed by atoms with Crippen molar-refractivity contribution in [1.82, 2.24) is 4.90 Å². The zero-order valence-electron chi connectivity index (χ0n) is 13.7. The minimum atomic E-state index is -2.29. The van der Waals surface area contributed by atoms with Crippen molar-refractivity contribution in [2.24, 2.45) is 0 Å². The lowest BCUT2D eigenvalue weighted by atomic mass is 9.97. The first-order chi connectivity index (χ1) is 12.2. The van der Waals surface area contributed by atoms with Gasteiger partial charge in [-0.05, 0) is 0 Å². The number of aliphatic hydroxyl groups is 9. The van der Waals surface area contributed by atoms with Gasteiger partial charge in [-0.1, -0.05) is 0 Å². The Balaban J connectivity index is 1.76. The van der Waals surface area contributed by atoms with E-state index in [1.807, 2.05) is 0 Å². The van der Waals surface area contributed by atoms with E-state index in [0.29, 0.717) is 0 Å². The fraction of sp³-hybridized carbons (Fsp3) is 1.00. The molecule has 3 aliphatic heterocycles. The van der Waals surface area contributed by atoms with Crippen LogP contribution in [0.2, 0.25) is 0 Å². The smallest absolute Gasteiger partial charge is 0.187 e. The van der Waals surface area contributed by atoms with Gasteiger partial charge in [0.1, 0.15) is 48.8 Å². The van der Waals surface area contributed by atoms with Gasteiger partial charge in [-0.15, -0.1) is 0 Å². The van der Waals surface area contributed by atoms with Crippen LogP contribution in [-0.4, -0.2) is 138 Å². The Labute approximate surface area is 148 Å². The van der Waals surface area contributed by atoms with Crippen LogP contribution in [0.3, 0.4) is 0 Å². The lowest BCUT2D eigenvalue weighted by Crippen LogP contribution is -2.61. The fourth-order valence-electron chi connectivity index (χ4n) is 3.95. The van der Waals surface area contributed by atoms with Gasteiger partial charge in [0.2, 0.25) is 0 Å². The van der Waals surface area contributed by atoms with Crippen LogP contribution in [0.4, 0.5) is 0 Å². The van der Waals surface area contributed by atoms with Crippen LogP contribution in [0.25, 0.3) is 0 Å². The van der Waals surface area contributed by atoms with Crippen molar-refractivity contribution in [2.45, 2.75) is 66.9 Å². The summed E-state index contributed by atoms with van der Waals surface area (Å²) in [6.45, 7) is -1.49. The van der Waals surface area contributed by atoms with Crippen molar-refractivity contribution in [1.29, 1.82) is 0 Å². The molecule has 0 aliphatic carbocycles. The molecule has 3 heterocycles. The Kier molecular flexibility index (Phi) is 5.58. The normalized spacial score (nSPS) is 55.3. The van der Waals surface area contributed by atoms with Gasteiger partial charge in [-0.3, -0.25) is 4.90 Å². The molecule has 26 heavy (non-hydrogen) atoms. The van der Waals surface area contributed by atoms with Crippen molar-refractivity contribution < 1.29 is 55.4 Å². The molecule has 0 amide bonds. The number of hydrogen-bond acceptors (Lipinski definition) is 12. The zero-order valence-corrected chi connectivity index (χ0v) is 13.7. The summed E-state index contributed by atoms with van der Waals surface area (Å²) in [5, 5.41) is 89.1. The number of aliphatic hydroxyl groups excluding tert-OH is 8. The minimum absolute atomic E-state index is 0.230. The molecule has 3 rings (SSSR count). The number of rotatable bonds is 4. The molecule has 0 saturated carbocycles. The van der Waals surface area contributed by atoms with Gasteiger partial charge in [0.05, 0.1) is 19.3 Å². The standard InChI is InChI=1S/C14H25NO11/c16-2-4-7(18)12(23)14(24)11(22)5(1-15(4)14)25-13-10(21)9(20)8(19)6(3-17)26-13/h4-13,16-24H,1-3H2/t4-,5+,6?,7-,8-,9?,10+,11-,12+,13+,14+/m1/s1. The summed E-state index contributed by atoms with van der Waals surface area (Å²) in [6, 6.07) is -1.05. The van der Waals surface area contributed by atoms with Gasteiger partial charge < -0.3 is 55.4 Å². The van der Waals surface area contributed by atoms with E-state index >= 15 is 0 Å². The second kappa shape index (κ2) is 7.16. The molecule has 11 atom stereocenters. The second-order valence-corrected chi connectivity index (χ2v) is 6.94. The third kappa shape index (κ3) is 2.78. The Bertz CT molecular complexity index is 507. The summed E-state index contributed by atoms with van der Waals surface area (Å²) in [7, 11) is 0. The molecule has 3 saturated heterocycles. The molecule has 0 aromatic carbocycles. The number of ether oxygens (including phenoxy) is 2. The summed E-state index contributed by atoms with van der Waals surface area (Å²) < 4.78 is 10.6. The average Bonchev–Trinajstić information content (AvgIpc) is 2.97. The summed E-state index contributed by atoms with van der Waals surface area (Å²) in [5.41, 5.74) is -2.29. The molecular weight excluding hydrogens is 358 g/mol. The molecule has 0 radical (unpaired) electrons. The molecule has 0 spiro atoms. The molecule has 12 heteroatoms. The number of hydrogen-bond donors (Lipinski definition) is 9. The highest BCUT2D eigenvalue weighted by atomic mass is 16.7. The Morgan fingerprint density at radius 3 is 2.12 bits per heavy atom. The van der Waals surface area contributed by atoms with Gasteiger partial charge in [0.25, 0.3) is 0 Å². The van der Waals surface area contributed by atoms with E-state index in [1.54, 1.807) is 0 Å². The van der Waals surface area contributed by atoms with Crippen LogP contribution in [0.1, 0.15) is 0 Å². The monoisotopic (exact) mass is 383 g/mol. The zero-order chi connectivity index (χ0) is 19.4. The molecule has 152 valence electrons. The fourth-order valence-corrected chi connectivity index (χ4v) is 3.95. The van der Waals surface area contributed by atoms with E-state index in [4.69, 9.17) is 9.47 Å². The third-order valence-electron chi connectivity index (χ3n) is 5.52. The van der Waals surface area contributed by atoms with E-state index in [2.05, 4.69) is 0 Å². The summed E-state index contributed by atoms with van der Waals surface area (Å²) in [5.74, 6) is 0. The van der Waals surface area contributed by atoms with Crippen LogP contribution in [0, 0.1) is 0 Å². The molecule has 3 aliphatic rings. The number of fused-ring (bicyclic) bond motifs is 1. The largest absolute Gasteiger partial charge is 0.395 e. The quantitative estimate of drug-likeness (QED) is 0.222. The van der Waals surface area contributed by atoms with Crippen molar-refractivity contribution in [3.63, 3.8) is 0 Å². The second-order valence-electron chi connectivity index (χ2n) is 6.94. The molecule has 3 fully saturated rings. The van der Waals surface area contributed by atoms with Gasteiger partial charge in [0.15, 0.2) is 12.0 Å². The summed E-state index contributed by atoms with van der Waals surface area (Å²) >= 11 is 0. The highest BCUT2D eigenvalue weighted by Crippen LogP contribution is 2.42. The van der Waals surface area contributed by atoms with E-state index in [0.717, 1.165) is 4.90 Å². The maximum absolute atomic E-state index is 10.6. The maximum atomic E-state index is 10.6. The molecule has 0 bridgehead atoms. The predicted octanol–water partition coefficient (Wildman–Crippen LogP) is -6.37. The van der Waals surface area contributed by atoms with Crippen LogP contribution in [-0.2, 0) is 9.47 Å². The first-order valence-corrected chi connectivity index (χ1v) is 8.28. The van der Waals surface area contributed by atoms with Crippen molar-refractivity contribution in [3.05, 3.63) is 0 Å². The van der Waals surface area contributed by atoms with Crippen LogP contribution < -0.4 is 0 Å². The van der Waals surface area contributed by atoms with E-state index in [1.165, 1.54) is 0 Å². The lowest BCUT2D eigenvalue weighted by molar-refractivity contribution is -0.317. The predicted molar refractivity (Wildman–Crippen MR) is 79.2 cm³/mol. The maximum Gasteiger partial charge on any atom is 0.187 e. The van der Waals surface area contributed by atoms with Gasteiger partial charge >= 0.3 is 0 Å². The Hall–Kier alpha value is -0.480. The van der Waals surface area contributed by atoms with Crippen LogP contribution in [0.15, 0.2) is 0 Å². The SMILES string of the molecule is OCC1O[C@H](O[C@H]2CN3[C@H](CO)[C@@H](O)[C@H](O)[C@@]3(O)[C@@H]2O)[C@@H](O)C(O)[C@@H]1O. The molecular formula is C14H25NO11. The molecule has 12 nitrogen and oxygen atoms in total. The van der Waals surface area contributed by atoms with Gasteiger partial charge in [-0.2, -0.15) is 0 Å². The molecule has 2 unspecified atom stereocenters. The first-order valence-electron chi connectivity index (χ1n) is 8.28. The van der Waals surface area contributed by atoms with Crippen molar-refractivity contribution >= 4 is 0 Å². The van der Waals surface area contributed by atoms with E-state index in [9.17, 15) is 46.0 Å². The number of nitrogens with zero attached hydrogens (tertiary/aromatic N) is 1. The minimum Gasteiger partial charge on any atom is -0.395 e. The summed E-state index contributed by atoms with van der Waals surface area (Å²) in [4.78, 5) is 1.10. The summed E-state index contributed by atoms with van der Waals surface area (Å²) in [6.07, 6.45) is -13.9. The third-order valence-corrected chi connectivity index (χ3v) is 5.52.